The van der Waals surface area contributed by atoms with Crippen LogP contribution in [-0.4, -0.2) is 47.0 Å². The fourth-order valence-electron chi connectivity index (χ4n) is 1.29. The Morgan fingerprint density at radius 2 is 1.83 bits per heavy atom. The van der Waals surface area contributed by atoms with Gasteiger partial charge in [0.2, 0.25) is 5.91 Å². The monoisotopic (exact) mass is 275 g/mol. The molecule has 0 aromatic heterocycles. The van der Waals surface area contributed by atoms with Crippen molar-refractivity contribution in [3.63, 3.8) is 0 Å². The molecule has 0 aromatic carbocycles. The first kappa shape index (κ1) is 17.3. The molecule has 0 saturated heterocycles. The lowest BCUT2D eigenvalue weighted by molar-refractivity contribution is -0.148. The molecule has 0 aliphatic heterocycles. The van der Waals surface area contributed by atoms with Crippen LogP contribution >= 0.6 is 11.8 Å². The summed E-state index contributed by atoms with van der Waals surface area (Å²) >= 11 is 1.59. The predicted molar refractivity (Wildman–Crippen MR) is 75.7 cm³/mol. The predicted octanol–water partition coefficient (Wildman–Crippen LogP) is 2.32. The van der Waals surface area contributed by atoms with Crippen LogP contribution in [0.15, 0.2) is 0 Å². The minimum atomic E-state index is -0.333. The molecule has 0 saturated carbocycles. The third-order valence-electron chi connectivity index (χ3n) is 2.10. The number of thioether (sulfide) groups is 1. The fourth-order valence-corrected chi connectivity index (χ4v) is 2.03. The lowest BCUT2D eigenvalue weighted by Crippen LogP contribution is -2.38. The molecule has 0 aromatic rings. The lowest BCUT2D eigenvalue weighted by atomic mass is 10.3. The van der Waals surface area contributed by atoms with Crippen LogP contribution in [0.3, 0.4) is 0 Å². The zero-order valence-corrected chi connectivity index (χ0v) is 12.9. The van der Waals surface area contributed by atoms with Crippen molar-refractivity contribution in [1.29, 1.82) is 0 Å². The van der Waals surface area contributed by atoms with E-state index in [2.05, 4.69) is 20.8 Å². The van der Waals surface area contributed by atoms with E-state index in [0.717, 1.165) is 6.42 Å². The van der Waals surface area contributed by atoms with Crippen molar-refractivity contribution < 1.29 is 14.3 Å². The number of esters is 1. The average molecular weight is 275 g/mol. The summed E-state index contributed by atoms with van der Waals surface area (Å²) in [7, 11) is 0. The molecule has 0 fully saturated rings. The lowest BCUT2D eigenvalue weighted by Gasteiger charge is -2.23. The second-order valence-corrected chi connectivity index (χ2v) is 6.82. The molecule has 106 valence electrons. The van der Waals surface area contributed by atoms with E-state index in [0.29, 0.717) is 18.9 Å². The molecular formula is C13H25NO3S. The summed E-state index contributed by atoms with van der Waals surface area (Å²) in [6.07, 6.45) is 0.839. The topological polar surface area (TPSA) is 46.6 Å². The van der Waals surface area contributed by atoms with E-state index in [1.807, 2.05) is 6.92 Å². The van der Waals surface area contributed by atoms with Crippen LogP contribution in [0.4, 0.5) is 0 Å². The first-order chi connectivity index (χ1) is 8.30. The molecule has 0 unspecified atom stereocenters. The SMILES string of the molecule is CCCN(CC(=O)OCC)C(=O)CSC(C)(C)C. The minimum Gasteiger partial charge on any atom is -0.465 e. The van der Waals surface area contributed by atoms with Crippen molar-refractivity contribution in [1.82, 2.24) is 4.90 Å². The van der Waals surface area contributed by atoms with E-state index in [1.54, 1.807) is 23.6 Å². The molecular weight excluding hydrogens is 250 g/mol. The van der Waals surface area contributed by atoms with Crippen molar-refractivity contribution >= 4 is 23.6 Å². The van der Waals surface area contributed by atoms with E-state index in [1.165, 1.54) is 0 Å². The molecule has 0 atom stereocenters. The second-order valence-electron chi connectivity index (χ2n) is 5.02. The van der Waals surface area contributed by atoms with Crippen LogP contribution in [-0.2, 0) is 14.3 Å². The Kier molecular flexibility index (Phi) is 8.07. The van der Waals surface area contributed by atoms with E-state index >= 15 is 0 Å². The Bertz CT molecular complexity index is 274. The Morgan fingerprint density at radius 1 is 1.22 bits per heavy atom. The zero-order valence-electron chi connectivity index (χ0n) is 12.1. The van der Waals surface area contributed by atoms with Crippen molar-refractivity contribution in [2.45, 2.75) is 45.8 Å². The molecule has 1 amide bonds. The highest BCUT2D eigenvalue weighted by atomic mass is 32.2. The van der Waals surface area contributed by atoms with Crippen LogP contribution in [0.1, 0.15) is 41.0 Å². The molecule has 0 N–H and O–H groups in total. The van der Waals surface area contributed by atoms with Gasteiger partial charge in [-0.25, -0.2) is 0 Å². The van der Waals surface area contributed by atoms with Crippen LogP contribution < -0.4 is 0 Å². The van der Waals surface area contributed by atoms with Crippen molar-refractivity contribution in [2.75, 3.05) is 25.4 Å². The molecule has 0 spiro atoms. The van der Waals surface area contributed by atoms with Gasteiger partial charge in [0.25, 0.3) is 0 Å². The maximum Gasteiger partial charge on any atom is 0.325 e. The standard InChI is InChI=1S/C13H25NO3S/c1-6-8-14(9-12(16)17-7-2)11(15)10-18-13(3,4)5/h6-10H2,1-5H3. The zero-order chi connectivity index (χ0) is 14.2. The maximum absolute atomic E-state index is 12.0. The summed E-state index contributed by atoms with van der Waals surface area (Å²) in [6, 6.07) is 0. The van der Waals surface area contributed by atoms with Crippen LogP contribution in [0.5, 0.6) is 0 Å². The molecule has 5 heteroatoms. The smallest absolute Gasteiger partial charge is 0.325 e. The normalized spacial score (nSPS) is 11.2. The number of nitrogens with zero attached hydrogens (tertiary/aromatic N) is 1. The number of hydrogen-bond donors (Lipinski definition) is 0. The van der Waals surface area contributed by atoms with Gasteiger partial charge in [-0.15, -0.1) is 11.8 Å². The molecule has 18 heavy (non-hydrogen) atoms. The quantitative estimate of drug-likeness (QED) is 0.669. The van der Waals surface area contributed by atoms with Gasteiger partial charge in [-0.2, -0.15) is 0 Å². The number of hydrogen-bond acceptors (Lipinski definition) is 4. The Hall–Kier alpha value is -0.710. The number of carbonyl (C=O) groups excluding carboxylic acids is 2. The molecule has 4 nitrogen and oxygen atoms in total. The van der Waals surface area contributed by atoms with Gasteiger partial charge >= 0.3 is 5.97 Å². The fraction of sp³-hybridized carbons (Fsp3) is 0.846. The first-order valence-corrected chi connectivity index (χ1v) is 7.36. The summed E-state index contributed by atoms with van der Waals surface area (Å²) in [4.78, 5) is 25.0. The Morgan fingerprint density at radius 3 is 2.28 bits per heavy atom. The van der Waals surface area contributed by atoms with E-state index in [-0.39, 0.29) is 23.2 Å². The molecule has 0 radical (unpaired) electrons. The van der Waals surface area contributed by atoms with Crippen LogP contribution in [0, 0.1) is 0 Å². The number of ether oxygens (including phenoxy) is 1. The first-order valence-electron chi connectivity index (χ1n) is 6.37. The van der Waals surface area contributed by atoms with Gasteiger partial charge in [-0.1, -0.05) is 27.7 Å². The van der Waals surface area contributed by atoms with Crippen molar-refractivity contribution in [3.8, 4) is 0 Å². The number of rotatable bonds is 7. The molecule has 0 aliphatic carbocycles. The van der Waals surface area contributed by atoms with Crippen molar-refractivity contribution in [2.24, 2.45) is 0 Å². The summed E-state index contributed by atoms with van der Waals surface area (Å²) in [5.41, 5.74) is 0. The highest BCUT2D eigenvalue weighted by Crippen LogP contribution is 2.23. The Balaban J connectivity index is 4.31. The summed E-state index contributed by atoms with van der Waals surface area (Å²) < 4.78 is 4.93. The third-order valence-corrected chi connectivity index (χ3v) is 3.36. The van der Waals surface area contributed by atoms with E-state index in [4.69, 9.17) is 4.74 Å². The van der Waals surface area contributed by atoms with Gasteiger partial charge in [0.1, 0.15) is 6.54 Å². The third kappa shape index (κ3) is 8.39. The minimum absolute atomic E-state index is 0.00447. The highest BCUT2D eigenvalue weighted by molar-refractivity contribution is 8.01. The average Bonchev–Trinajstić information content (AvgIpc) is 2.24. The van der Waals surface area contributed by atoms with Crippen molar-refractivity contribution in [3.05, 3.63) is 0 Å². The highest BCUT2D eigenvalue weighted by Gasteiger charge is 2.20. The molecule has 0 heterocycles. The van der Waals surface area contributed by atoms with Gasteiger partial charge in [0.15, 0.2) is 0 Å². The molecule has 0 aliphatic rings. The van der Waals surface area contributed by atoms with E-state index < -0.39 is 0 Å². The summed E-state index contributed by atoms with van der Waals surface area (Å²) in [5, 5.41) is 0. The van der Waals surface area contributed by atoms with Crippen LogP contribution in [0.25, 0.3) is 0 Å². The van der Waals surface area contributed by atoms with Gasteiger partial charge in [0, 0.05) is 11.3 Å². The largest absolute Gasteiger partial charge is 0.465 e. The summed E-state index contributed by atoms with van der Waals surface area (Å²) in [6.45, 7) is 11.0. The van der Waals surface area contributed by atoms with Gasteiger partial charge in [-0.05, 0) is 13.3 Å². The molecule has 0 rings (SSSR count). The van der Waals surface area contributed by atoms with Crippen LogP contribution in [0.2, 0.25) is 0 Å². The van der Waals surface area contributed by atoms with Gasteiger partial charge < -0.3 is 9.64 Å². The number of carbonyl (C=O) groups is 2. The summed E-state index contributed by atoms with van der Waals surface area (Å²) in [5.74, 6) is 0.0769. The Labute approximate surface area is 114 Å². The van der Waals surface area contributed by atoms with Gasteiger partial charge in [-0.3, -0.25) is 9.59 Å². The second kappa shape index (κ2) is 8.40. The number of amides is 1. The molecule has 0 bridgehead atoms. The van der Waals surface area contributed by atoms with Gasteiger partial charge in [0.05, 0.1) is 12.4 Å². The van der Waals surface area contributed by atoms with E-state index in [9.17, 15) is 9.59 Å². The maximum atomic E-state index is 12.0.